The molecule has 0 amide bonds. The van der Waals surface area contributed by atoms with Crippen molar-refractivity contribution in [1.29, 1.82) is 0 Å². The zero-order valence-electron chi connectivity index (χ0n) is 12.2. The lowest BCUT2D eigenvalue weighted by atomic mass is 10.1. The quantitative estimate of drug-likeness (QED) is 0.885. The van der Waals surface area contributed by atoms with Crippen LogP contribution >= 0.6 is 0 Å². The van der Waals surface area contributed by atoms with Crippen LogP contribution in [0.15, 0.2) is 6.07 Å². The van der Waals surface area contributed by atoms with Crippen LogP contribution in [0.2, 0.25) is 0 Å². The number of hydrogen-bond acceptors (Lipinski definition) is 5. The average Bonchev–Trinajstić information content (AvgIpc) is 2.25. The van der Waals surface area contributed by atoms with Crippen molar-refractivity contribution in [3.8, 4) is 0 Å². The molecule has 104 valence electrons. The zero-order chi connectivity index (χ0) is 14.0. The number of piperidine rings is 1. The molecule has 5 heteroatoms. The summed E-state index contributed by atoms with van der Waals surface area (Å²) in [7, 11) is 0. The predicted octanol–water partition coefficient (Wildman–Crippen LogP) is 2.16. The number of anilines is 2. The molecule has 0 unspecified atom stereocenters. The van der Waals surface area contributed by atoms with Crippen LogP contribution in [0.25, 0.3) is 0 Å². The molecule has 1 aromatic heterocycles. The van der Waals surface area contributed by atoms with Crippen molar-refractivity contribution < 1.29 is 4.79 Å². The Morgan fingerprint density at radius 1 is 1.32 bits per heavy atom. The molecule has 1 N–H and O–H groups in total. The van der Waals surface area contributed by atoms with Gasteiger partial charge in [0.1, 0.15) is 17.5 Å². The minimum atomic E-state index is -0.0459. The standard InChI is InChI=1S/C14H22N4O/c1-10-15-12(17-14(2,3)4)8-13(16-10)18-7-5-6-11(19)9-18/h8H,5-7,9H2,1-4H3,(H,15,16,17). The summed E-state index contributed by atoms with van der Waals surface area (Å²) in [5.41, 5.74) is -0.0459. The predicted molar refractivity (Wildman–Crippen MR) is 76.6 cm³/mol. The van der Waals surface area contributed by atoms with Gasteiger partial charge in [-0.25, -0.2) is 9.97 Å². The number of carbonyl (C=O) groups excluding carboxylic acids is 1. The maximum Gasteiger partial charge on any atom is 0.152 e. The Hall–Kier alpha value is -1.65. The molecule has 1 saturated heterocycles. The minimum Gasteiger partial charge on any atom is -0.365 e. The van der Waals surface area contributed by atoms with E-state index in [0.717, 1.165) is 30.4 Å². The van der Waals surface area contributed by atoms with Crippen molar-refractivity contribution in [2.75, 3.05) is 23.3 Å². The lowest BCUT2D eigenvalue weighted by molar-refractivity contribution is -0.118. The fourth-order valence-corrected chi connectivity index (χ4v) is 2.20. The molecule has 1 aliphatic heterocycles. The number of nitrogens with zero attached hydrogens (tertiary/aromatic N) is 3. The second kappa shape index (κ2) is 5.15. The summed E-state index contributed by atoms with van der Waals surface area (Å²) in [5.74, 6) is 2.66. The molecule has 0 spiro atoms. The SMILES string of the molecule is Cc1nc(NC(C)(C)C)cc(N2CCCC(=O)C2)n1. The number of rotatable bonds is 2. The van der Waals surface area contributed by atoms with Crippen LogP contribution in [0.1, 0.15) is 39.4 Å². The highest BCUT2D eigenvalue weighted by Gasteiger charge is 2.20. The topological polar surface area (TPSA) is 58.1 Å². The van der Waals surface area contributed by atoms with Crippen molar-refractivity contribution in [2.24, 2.45) is 0 Å². The van der Waals surface area contributed by atoms with Gasteiger partial charge in [0.05, 0.1) is 6.54 Å². The van der Waals surface area contributed by atoms with Crippen LogP contribution in [0.3, 0.4) is 0 Å². The molecule has 1 fully saturated rings. The molecule has 19 heavy (non-hydrogen) atoms. The van der Waals surface area contributed by atoms with Gasteiger partial charge >= 0.3 is 0 Å². The van der Waals surface area contributed by atoms with Crippen molar-refractivity contribution in [2.45, 2.75) is 46.1 Å². The number of hydrogen-bond donors (Lipinski definition) is 1. The molecule has 0 aliphatic carbocycles. The normalized spacial score (nSPS) is 16.6. The molecule has 1 aromatic rings. The average molecular weight is 262 g/mol. The molecule has 0 bridgehead atoms. The lowest BCUT2D eigenvalue weighted by Gasteiger charge is -2.28. The van der Waals surface area contributed by atoms with Crippen molar-refractivity contribution >= 4 is 17.4 Å². The number of nitrogens with one attached hydrogen (secondary N) is 1. The third-order valence-electron chi connectivity index (χ3n) is 2.90. The highest BCUT2D eigenvalue weighted by atomic mass is 16.1. The molecule has 2 heterocycles. The first-order valence-corrected chi connectivity index (χ1v) is 6.74. The van der Waals surface area contributed by atoms with Crippen LogP contribution < -0.4 is 10.2 Å². The van der Waals surface area contributed by atoms with E-state index in [1.165, 1.54) is 0 Å². The van der Waals surface area contributed by atoms with Gasteiger partial charge in [0.15, 0.2) is 5.78 Å². The molecule has 0 atom stereocenters. The van der Waals surface area contributed by atoms with Gasteiger partial charge in [-0.3, -0.25) is 4.79 Å². The number of carbonyl (C=O) groups is 1. The maximum absolute atomic E-state index is 11.5. The summed E-state index contributed by atoms with van der Waals surface area (Å²) in [6.45, 7) is 9.50. The molecule has 5 nitrogen and oxygen atoms in total. The smallest absolute Gasteiger partial charge is 0.152 e. The van der Waals surface area contributed by atoms with Gasteiger partial charge in [-0.15, -0.1) is 0 Å². The lowest BCUT2D eigenvalue weighted by Crippen LogP contribution is -2.36. The fraction of sp³-hybridized carbons (Fsp3) is 0.643. The van der Waals surface area contributed by atoms with E-state index < -0.39 is 0 Å². The summed E-state index contributed by atoms with van der Waals surface area (Å²) in [5, 5.41) is 3.35. The molecular weight excluding hydrogens is 240 g/mol. The summed E-state index contributed by atoms with van der Waals surface area (Å²) in [6, 6.07) is 1.93. The first kappa shape index (κ1) is 13.8. The van der Waals surface area contributed by atoms with Gasteiger partial charge in [0, 0.05) is 24.6 Å². The van der Waals surface area contributed by atoms with E-state index in [0.29, 0.717) is 13.0 Å². The largest absolute Gasteiger partial charge is 0.365 e. The second-order valence-corrected chi connectivity index (χ2v) is 6.10. The second-order valence-electron chi connectivity index (χ2n) is 6.10. The van der Waals surface area contributed by atoms with Gasteiger partial charge in [0.2, 0.25) is 0 Å². The van der Waals surface area contributed by atoms with Crippen molar-refractivity contribution in [3.63, 3.8) is 0 Å². The number of aryl methyl sites for hydroxylation is 1. The van der Waals surface area contributed by atoms with E-state index in [-0.39, 0.29) is 11.3 Å². The summed E-state index contributed by atoms with van der Waals surface area (Å²) in [4.78, 5) is 22.4. The van der Waals surface area contributed by atoms with Gasteiger partial charge in [-0.05, 0) is 34.1 Å². The summed E-state index contributed by atoms with van der Waals surface area (Å²) in [6.07, 6.45) is 1.59. The van der Waals surface area contributed by atoms with Crippen LogP contribution in [0.4, 0.5) is 11.6 Å². The van der Waals surface area contributed by atoms with Crippen LogP contribution in [0.5, 0.6) is 0 Å². The molecule has 0 aromatic carbocycles. The molecule has 0 radical (unpaired) electrons. The monoisotopic (exact) mass is 262 g/mol. The Morgan fingerprint density at radius 2 is 2.05 bits per heavy atom. The zero-order valence-corrected chi connectivity index (χ0v) is 12.2. The summed E-state index contributed by atoms with van der Waals surface area (Å²) < 4.78 is 0. The third-order valence-corrected chi connectivity index (χ3v) is 2.90. The van der Waals surface area contributed by atoms with Crippen LogP contribution in [-0.2, 0) is 4.79 Å². The minimum absolute atomic E-state index is 0.0459. The molecule has 1 aliphatic rings. The highest BCUT2D eigenvalue weighted by Crippen LogP contribution is 2.21. The van der Waals surface area contributed by atoms with Gasteiger partial charge in [0.25, 0.3) is 0 Å². The number of aromatic nitrogens is 2. The van der Waals surface area contributed by atoms with Crippen molar-refractivity contribution in [3.05, 3.63) is 11.9 Å². The Kier molecular flexibility index (Phi) is 3.73. The Balaban J connectivity index is 2.23. The van der Waals surface area contributed by atoms with E-state index in [4.69, 9.17) is 0 Å². The molecule has 0 saturated carbocycles. The number of Topliss-reactive ketones (excluding diaryl/α,β-unsaturated/α-hetero) is 1. The first-order valence-electron chi connectivity index (χ1n) is 6.74. The van der Waals surface area contributed by atoms with E-state index >= 15 is 0 Å². The Morgan fingerprint density at radius 3 is 2.68 bits per heavy atom. The third kappa shape index (κ3) is 3.91. The van der Waals surface area contributed by atoms with E-state index in [1.807, 2.05) is 17.9 Å². The van der Waals surface area contributed by atoms with Gasteiger partial charge < -0.3 is 10.2 Å². The number of ketones is 1. The molecular formula is C14H22N4O. The van der Waals surface area contributed by atoms with E-state index in [1.54, 1.807) is 0 Å². The first-order chi connectivity index (χ1) is 8.83. The van der Waals surface area contributed by atoms with E-state index in [2.05, 4.69) is 36.1 Å². The Bertz CT molecular complexity index is 479. The summed E-state index contributed by atoms with van der Waals surface area (Å²) >= 11 is 0. The highest BCUT2D eigenvalue weighted by molar-refractivity contribution is 5.84. The van der Waals surface area contributed by atoms with Crippen LogP contribution in [0, 0.1) is 6.92 Å². The van der Waals surface area contributed by atoms with E-state index in [9.17, 15) is 4.79 Å². The van der Waals surface area contributed by atoms with Crippen LogP contribution in [-0.4, -0.2) is 34.4 Å². The van der Waals surface area contributed by atoms with Gasteiger partial charge in [-0.2, -0.15) is 0 Å². The maximum atomic E-state index is 11.5. The van der Waals surface area contributed by atoms with Crippen molar-refractivity contribution in [1.82, 2.24) is 9.97 Å². The molecule has 2 rings (SSSR count). The Labute approximate surface area is 114 Å². The van der Waals surface area contributed by atoms with Gasteiger partial charge in [-0.1, -0.05) is 0 Å². The fourth-order valence-electron chi connectivity index (χ4n) is 2.20.